The first-order valence-corrected chi connectivity index (χ1v) is 5.01. The number of hydrogen-bond acceptors (Lipinski definition) is 3. The van der Waals surface area contributed by atoms with Crippen LogP contribution < -0.4 is 0 Å². The van der Waals surface area contributed by atoms with E-state index in [9.17, 15) is 9.90 Å². The number of carbonyl (C=O) groups excluding carboxylic acids is 1. The summed E-state index contributed by atoms with van der Waals surface area (Å²) in [7, 11) is 1.27. The molecule has 0 radical (unpaired) electrons. The number of ether oxygens (including phenoxy) is 1. The van der Waals surface area contributed by atoms with E-state index in [1.54, 1.807) is 24.3 Å². The monoisotopic (exact) mass is 236 g/mol. The number of phenolic OH excluding ortho intramolecular Hbond substituents is 1. The minimum absolute atomic E-state index is 0.0190. The van der Waals surface area contributed by atoms with Gasteiger partial charge >= 0.3 is 5.97 Å². The third kappa shape index (κ3) is 1.59. The molecular formula is C12H9ClO3. The Kier molecular flexibility index (Phi) is 2.71. The number of methoxy groups -OCH3 is 1. The summed E-state index contributed by atoms with van der Waals surface area (Å²) in [4.78, 5) is 11.4. The molecule has 16 heavy (non-hydrogen) atoms. The lowest BCUT2D eigenvalue weighted by Gasteiger charge is -2.07. The molecule has 0 unspecified atom stereocenters. The van der Waals surface area contributed by atoms with E-state index < -0.39 is 5.97 Å². The van der Waals surface area contributed by atoms with E-state index in [0.717, 1.165) is 5.39 Å². The third-order valence-corrected chi connectivity index (χ3v) is 2.75. The van der Waals surface area contributed by atoms with E-state index in [2.05, 4.69) is 4.74 Å². The summed E-state index contributed by atoms with van der Waals surface area (Å²) in [5.74, 6) is -0.661. The lowest BCUT2D eigenvalue weighted by molar-refractivity contribution is 0.0600. The van der Waals surface area contributed by atoms with Gasteiger partial charge in [-0.25, -0.2) is 4.79 Å². The minimum Gasteiger partial charge on any atom is -0.506 e. The molecule has 0 spiro atoms. The maximum absolute atomic E-state index is 11.4. The van der Waals surface area contributed by atoms with Crippen molar-refractivity contribution in [3.63, 3.8) is 0 Å². The summed E-state index contributed by atoms with van der Waals surface area (Å²) < 4.78 is 4.59. The molecule has 0 saturated carbocycles. The summed E-state index contributed by atoms with van der Waals surface area (Å²) in [6, 6.07) is 8.73. The zero-order valence-corrected chi connectivity index (χ0v) is 9.28. The Morgan fingerprint density at radius 2 is 2.06 bits per heavy atom. The fraction of sp³-hybridized carbons (Fsp3) is 0.0833. The SMILES string of the molecule is COC(=O)c1cc2ccccc2c(O)c1Cl. The highest BCUT2D eigenvalue weighted by atomic mass is 35.5. The van der Waals surface area contributed by atoms with Crippen molar-refractivity contribution >= 4 is 28.3 Å². The van der Waals surface area contributed by atoms with Crippen molar-refractivity contribution < 1.29 is 14.6 Å². The first kappa shape index (κ1) is 10.8. The molecule has 2 aromatic carbocycles. The maximum atomic E-state index is 11.4. The highest BCUT2D eigenvalue weighted by Crippen LogP contribution is 2.35. The number of rotatable bonds is 1. The maximum Gasteiger partial charge on any atom is 0.339 e. The van der Waals surface area contributed by atoms with E-state index >= 15 is 0 Å². The molecule has 0 aliphatic rings. The van der Waals surface area contributed by atoms with E-state index in [4.69, 9.17) is 11.6 Å². The zero-order chi connectivity index (χ0) is 11.7. The van der Waals surface area contributed by atoms with Crippen LogP contribution in [0.4, 0.5) is 0 Å². The Labute approximate surface area is 97.2 Å². The van der Waals surface area contributed by atoms with Gasteiger partial charge in [-0.05, 0) is 11.5 Å². The van der Waals surface area contributed by atoms with Crippen molar-refractivity contribution in [3.05, 3.63) is 40.9 Å². The van der Waals surface area contributed by atoms with Crippen LogP contribution in [-0.4, -0.2) is 18.2 Å². The lowest BCUT2D eigenvalue weighted by Crippen LogP contribution is -2.02. The van der Waals surface area contributed by atoms with Crippen molar-refractivity contribution in [2.75, 3.05) is 7.11 Å². The molecular weight excluding hydrogens is 228 g/mol. The second kappa shape index (κ2) is 4.02. The molecule has 0 atom stereocenters. The van der Waals surface area contributed by atoms with Crippen LogP contribution >= 0.6 is 11.6 Å². The van der Waals surface area contributed by atoms with Crippen LogP contribution in [-0.2, 0) is 4.74 Å². The molecule has 0 fully saturated rings. The van der Waals surface area contributed by atoms with Gasteiger partial charge in [0.2, 0.25) is 0 Å². The molecule has 2 rings (SSSR count). The summed E-state index contributed by atoms with van der Waals surface area (Å²) in [5.41, 5.74) is 0.167. The topological polar surface area (TPSA) is 46.5 Å². The number of halogens is 1. The summed E-state index contributed by atoms with van der Waals surface area (Å²) >= 11 is 5.89. The van der Waals surface area contributed by atoms with Crippen LogP contribution in [0.1, 0.15) is 10.4 Å². The minimum atomic E-state index is -0.564. The zero-order valence-electron chi connectivity index (χ0n) is 8.53. The fourth-order valence-electron chi connectivity index (χ4n) is 1.56. The van der Waals surface area contributed by atoms with Crippen molar-refractivity contribution in [1.29, 1.82) is 0 Å². The first-order valence-electron chi connectivity index (χ1n) is 4.63. The molecule has 3 nitrogen and oxygen atoms in total. The Hall–Kier alpha value is -1.74. The lowest BCUT2D eigenvalue weighted by atomic mass is 10.1. The van der Waals surface area contributed by atoms with Crippen molar-refractivity contribution in [2.24, 2.45) is 0 Å². The number of esters is 1. The van der Waals surface area contributed by atoms with Crippen molar-refractivity contribution in [2.45, 2.75) is 0 Å². The largest absolute Gasteiger partial charge is 0.506 e. The van der Waals surface area contributed by atoms with E-state index in [0.29, 0.717) is 5.39 Å². The van der Waals surface area contributed by atoms with Crippen LogP contribution in [0.5, 0.6) is 5.75 Å². The average molecular weight is 237 g/mol. The fourth-order valence-corrected chi connectivity index (χ4v) is 1.80. The quantitative estimate of drug-likeness (QED) is 0.775. The molecule has 1 N–H and O–H groups in total. The van der Waals surface area contributed by atoms with E-state index in [1.807, 2.05) is 6.07 Å². The molecule has 0 aliphatic carbocycles. The molecule has 2 aromatic rings. The number of benzene rings is 2. The number of fused-ring (bicyclic) bond motifs is 1. The average Bonchev–Trinajstić information content (AvgIpc) is 2.33. The molecule has 0 heterocycles. The number of carbonyl (C=O) groups is 1. The molecule has 4 heteroatoms. The normalized spacial score (nSPS) is 10.4. The predicted octanol–water partition coefficient (Wildman–Crippen LogP) is 2.99. The molecule has 0 bridgehead atoms. The Balaban J connectivity index is 2.78. The van der Waals surface area contributed by atoms with Crippen molar-refractivity contribution in [3.8, 4) is 5.75 Å². The summed E-state index contributed by atoms with van der Waals surface area (Å²) in [6.07, 6.45) is 0. The van der Waals surface area contributed by atoms with E-state index in [-0.39, 0.29) is 16.3 Å². The second-order valence-corrected chi connectivity index (χ2v) is 3.68. The van der Waals surface area contributed by atoms with Gasteiger partial charge in [0.15, 0.2) is 0 Å². The highest BCUT2D eigenvalue weighted by molar-refractivity contribution is 6.36. The first-order chi connectivity index (χ1) is 7.65. The van der Waals surface area contributed by atoms with Crippen molar-refractivity contribution in [1.82, 2.24) is 0 Å². The van der Waals surface area contributed by atoms with Crippen LogP contribution in [0.2, 0.25) is 5.02 Å². The molecule has 0 amide bonds. The van der Waals surface area contributed by atoms with Gasteiger partial charge in [0.25, 0.3) is 0 Å². The summed E-state index contributed by atoms with van der Waals surface area (Å²) in [6.45, 7) is 0. The van der Waals surface area contributed by atoms with Gasteiger partial charge in [0.1, 0.15) is 5.75 Å². The Morgan fingerprint density at radius 1 is 1.38 bits per heavy atom. The van der Waals surface area contributed by atoms with Gasteiger partial charge in [-0.2, -0.15) is 0 Å². The molecule has 0 aromatic heterocycles. The molecule has 0 aliphatic heterocycles. The Bertz CT molecular complexity index is 563. The van der Waals surface area contributed by atoms with Crippen LogP contribution in [0.3, 0.4) is 0 Å². The van der Waals surface area contributed by atoms with Crippen LogP contribution in [0.25, 0.3) is 10.8 Å². The van der Waals surface area contributed by atoms with Gasteiger partial charge in [-0.15, -0.1) is 0 Å². The van der Waals surface area contributed by atoms with Crippen LogP contribution in [0.15, 0.2) is 30.3 Å². The third-order valence-electron chi connectivity index (χ3n) is 2.37. The van der Waals surface area contributed by atoms with Gasteiger partial charge in [0.05, 0.1) is 17.7 Å². The summed E-state index contributed by atoms with van der Waals surface area (Å²) in [5, 5.41) is 11.2. The Morgan fingerprint density at radius 3 is 2.75 bits per heavy atom. The molecule has 82 valence electrons. The number of hydrogen-bond donors (Lipinski definition) is 1. The van der Waals surface area contributed by atoms with Gasteiger partial charge < -0.3 is 9.84 Å². The molecule has 0 saturated heterocycles. The second-order valence-electron chi connectivity index (χ2n) is 3.30. The predicted molar refractivity (Wildman–Crippen MR) is 62.0 cm³/mol. The number of phenols is 1. The highest BCUT2D eigenvalue weighted by Gasteiger charge is 2.16. The van der Waals surface area contributed by atoms with E-state index in [1.165, 1.54) is 7.11 Å². The van der Waals surface area contributed by atoms with Gasteiger partial charge in [0, 0.05) is 5.39 Å². The van der Waals surface area contributed by atoms with Crippen LogP contribution in [0, 0.1) is 0 Å². The van der Waals surface area contributed by atoms with Gasteiger partial charge in [-0.1, -0.05) is 35.9 Å². The smallest absolute Gasteiger partial charge is 0.339 e. The standard InChI is InChI=1S/C12H9ClO3/c1-16-12(15)9-6-7-4-2-3-5-8(7)11(14)10(9)13/h2-6,14H,1H3. The number of aromatic hydroxyl groups is 1. The van der Waals surface area contributed by atoms with Gasteiger partial charge in [-0.3, -0.25) is 0 Å².